The van der Waals surface area contributed by atoms with Gasteiger partial charge in [-0.1, -0.05) is 30.1 Å². The van der Waals surface area contributed by atoms with Crippen LogP contribution in [-0.2, 0) is 9.59 Å². The van der Waals surface area contributed by atoms with Crippen molar-refractivity contribution in [2.24, 2.45) is 5.92 Å². The first-order valence-corrected chi connectivity index (χ1v) is 6.21. The molecule has 2 N–H and O–H groups in total. The molecule has 0 aliphatic carbocycles. The van der Waals surface area contributed by atoms with E-state index >= 15 is 0 Å². The highest BCUT2D eigenvalue weighted by Gasteiger charge is 2.15. The lowest BCUT2D eigenvalue weighted by Crippen LogP contribution is -2.17. The molecule has 7 heteroatoms. The van der Waals surface area contributed by atoms with E-state index in [9.17, 15) is 14.0 Å². The van der Waals surface area contributed by atoms with Gasteiger partial charge >= 0.3 is 5.97 Å². The summed E-state index contributed by atoms with van der Waals surface area (Å²) in [6.07, 6.45) is -0.103. The van der Waals surface area contributed by atoms with E-state index in [1.54, 1.807) is 6.92 Å². The summed E-state index contributed by atoms with van der Waals surface area (Å²) in [7, 11) is 0. The van der Waals surface area contributed by atoms with E-state index in [0.717, 1.165) is 12.1 Å². The first-order chi connectivity index (χ1) is 8.79. The molecule has 0 aliphatic heterocycles. The summed E-state index contributed by atoms with van der Waals surface area (Å²) in [6, 6.07) is 2.06. The molecular formula is C12H12Cl2FNO3. The summed E-state index contributed by atoms with van der Waals surface area (Å²) < 4.78 is 13.0. The summed E-state index contributed by atoms with van der Waals surface area (Å²) in [6.45, 7) is 1.64. The second kappa shape index (κ2) is 6.73. The van der Waals surface area contributed by atoms with Crippen LogP contribution in [0.15, 0.2) is 12.1 Å². The van der Waals surface area contributed by atoms with Gasteiger partial charge in [-0.3, -0.25) is 9.59 Å². The van der Waals surface area contributed by atoms with Gasteiger partial charge in [0.2, 0.25) is 5.91 Å². The van der Waals surface area contributed by atoms with Crippen LogP contribution in [0.25, 0.3) is 0 Å². The van der Waals surface area contributed by atoms with Crippen LogP contribution in [0, 0.1) is 11.7 Å². The summed E-state index contributed by atoms with van der Waals surface area (Å²) in [5.41, 5.74) is 0.122. The van der Waals surface area contributed by atoms with Gasteiger partial charge in [-0.05, 0) is 18.1 Å². The largest absolute Gasteiger partial charge is 0.481 e. The zero-order valence-corrected chi connectivity index (χ0v) is 11.6. The average Bonchev–Trinajstić information content (AvgIpc) is 2.21. The Bertz CT molecular complexity index is 485. The van der Waals surface area contributed by atoms with Gasteiger partial charge in [0.1, 0.15) is 5.82 Å². The highest BCUT2D eigenvalue weighted by atomic mass is 35.5. The average molecular weight is 308 g/mol. The fraction of sp³-hybridized carbons (Fsp3) is 0.333. The molecule has 1 aromatic rings. The van der Waals surface area contributed by atoms with Gasteiger partial charge in [0.05, 0.1) is 15.7 Å². The molecule has 1 aromatic carbocycles. The second-order valence-electron chi connectivity index (χ2n) is 4.20. The molecule has 19 heavy (non-hydrogen) atoms. The Balaban J connectivity index is 2.70. The third-order valence-electron chi connectivity index (χ3n) is 2.33. The van der Waals surface area contributed by atoms with Crippen molar-refractivity contribution >= 4 is 40.8 Å². The molecule has 0 aromatic heterocycles. The Labute approximate surface area is 119 Å². The van der Waals surface area contributed by atoms with Crippen LogP contribution < -0.4 is 5.32 Å². The maximum atomic E-state index is 13.0. The van der Waals surface area contributed by atoms with Gasteiger partial charge in [0.25, 0.3) is 0 Å². The number of hydrogen-bond acceptors (Lipinski definition) is 2. The molecule has 0 fully saturated rings. The molecular weight excluding hydrogens is 296 g/mol. The third-order valence-corrected chi connectivity index (χ3v) is 2.92. The van der Waals surface area contributed by atoms with Gasteiger partial charge in [0.15, 0.2) is 0 Å². The molecule has 0 heterocycles. The summed E-state index contributed by atoms with van der Waals surface area (Å²) in [5.74, 6) is -2.33. The fourth-order valence-electron chi connectivity index (χ4n) is 1.54. The molecule has 104 valence electrons. The summed E-state index contributed by atoms with van der Waals surface area (Å²) >= 11 is 11.5. The minimum absolute atomic E-state index is 0.00997. The van der Waals surface area contributed by atoms with E-state index in [1.165, 1.54) is 0 Å². The number of aliphatic carboxylic acids is 1. The number of carboxylic acids is 1. The Morgan fingerprint density at radius 2 is 1.84 bits per heavy atom. The minimum atomic E-state index is -0.974. The smallest absolute Gasteiger partial charge is 0.303 e. The molecule has 4 nitrogen and oxygen atoms in total. The number of halogens is 3. The first-order valence-electron chi connectivity index (χ1n) is 5.45. The van der Waals surface area contributed by atoms with Crippen molar-refractivity contribution in [3.63, 3.8) is 0 Å². The standard InChI is InChI=1S/C12H12Cl2FNO3/c1-6(3-11(18)19)2-10(17)16-12-8(13)4-7(15)5-9(12)14/h4-6H,2-3H2,1H3,(H,16,17)(H,18,19). The topological polar surface area (TPSA) is 66.4 Å². The number of hydrogen-bond donors (Lipinski definition) is 2. The number of carbonyl (C=O) groups is 2. The van der Waals surface area contributed by atoms with E-state index in [2.05, 4.69) is 5.32 Å². The lowest BCUT2D eigenvalue weighted by atomic mass is 10.0. The van der Waals surface area contributed by atoms with E-state index < -0.39 is 17.7 Å². The van der Waals surface area contributed by atoms with Gasteiger partial charge in [-0.2, -0.15) is 0 Å². The van der Waals surface area contributed by atoms with Crippen molar-refractivity contribution in [1.29, 1.82) is 0 Å². The second-order valence-corrected chi connectivity index (χ2v) is 5.01. The predicted octanol–water partition coefficient (Wildman–Crippen LogP) is 3.57. The highest BCUT2D eigenvalue weighted by molar-refractivity contribution is 6.39. The number of nitrogens with one attached hydrogen (secondary N) is 1. The zero-order chi connectivity index (χ0) is 14.6. The molecule has 0 aliphatic rings. The zero-order valence-electron chi connectivity index (χ0n) is 10.0. The summed E-state index contributed by atoms with van der Waals surface area (Å²) in [5, 5.41) is 11.0. The van der Waals surface area contributed by atoms with Crippen LogP contribution in [-0.4, -0.2) is 17.0 Å². The van der Waals surface area contributed by atoms with Crippen LogP contribution in [0.3, 0.4) is 0 Å². The van der Waals surface area contributed by atoms with Gasteiger partial charge in [-0.25, -0.2) is 4.39 Å². The summed E-state index contributed by atoms with van der Waals surface area (Å²) in [4.78, 5) is 22.2. The number of carbonyl (C=O) groups excluding carboxylic acids is 1. The molecule has 0 spiro atoms. The Hall–Kier alpha value is -1.33. The molecule has 1 rings (SSSR count). The van der Waals surface area contributed by atoms with Crippen molar-refractivity contribution in [3.05, 3.63) is 28.0 Å². The number of anilines is 1. The third kappa shape index (κ3) is 5.04. The lowest BCUT2D eigenvalue weighted by Gasteiger charge is -2.12. The molecule has 0 saturated carbocycles. The van der Waals surface area contributed by atoms with Crippen molar-refractivity contribution in [3.8, 4) is 0 Å². The first kappa shape index (κ1) is 15.7. The van der Waals surface area contributed by atoms with Crippen LogP contribution in [0.1, 0.15) is 19.8 Å². The molecule has 0 bridgehead atoms. The Morgan fingerprint density at radius 1 is 1.32 bits per heavy atom. The molecule has 1 unspecified atom stereocenters. The van der Waals surface area contributed by atoms with Crippen LogP contribution in [0.4, 0.5) is 10.1 Å². The van der Waals surface area contributed by atoms with Gasteiger partial charge < -0.3 is 10.4 Å². The maximum Gasteiger partial charge on any atom is 0.303 e. The maximum absolute atomic E-state index is 13.0. The van der Waals surface area contributed by atoms with Crippen molar-refractivity contribution in [2.75, 3.05) is 5.32 Å². The molecule has 1 atom stereocenters. The van der Waals surface area contributed by atoms with Gasteiger partial charge in [-0.15, -0.1) is 0 Å². The fourth-order valence-corrected chi connectivity index (χ4v) is 2.09. The molecule has 1 amide bonds. The van der Waals surface area contributed by atoms with Crippen molar-refractivity contribution in [2.45, 2.75) is 19.8 Å². The SMILES string of the molecule is CC(CC(=O)O)CC(=O)Nc1c(Cl)cc(F)cc1Cl. The predicted molar refractivity (Wildman–Crippen MR) is 71.1 cm³/mol. The highest BCUT2D eigenvalue weighted by Crippen LogP contribution is 2.31. The number of benzene rings is 1. The number of amides is 1. The van der Waals surface area contributed by atoms with Gasteiger partial charge in [0, 0.05) is 12.8 Å². The normalized spacial score (nSPS) is 12.0. The van der Waals surface area contributed by atoms with Crippen molar-refractivity contribution in [1.82, 2.24) is 0 Å². The van der Waals surface area contributed by atoms with Crippen LogP contribution in [0.5, 0.6) is 0 Å². The monoisotopic (exact) mass is 307 g/mol. The van der Waals surface area contributed by atoms with Crippen molar-refractivity contribution < 1.29 is 19.1 Å². The lowest BCUT2D eigenvalue weighted by molar-refractivity contribution is -0.138. The van der Waals surface area contributed by atoms with E-state index in [1.807, 2.05) is 0 Å². The van der Waals surface area contributed by atoms with E-state index in [-0.39, 0.29) is 34.5 Å². The molecule has 0 radical (unpaired) electrons. The Kier molecular flexibility index (Phi) is 5.57. The number of rotatable bonds is 5. The number of carboxylic acid groups (broad SMARTS) is 1. The minimum Gasteiger partial charge on any atom is -0.481 e. The van der Waals surface area contributed by atoms with Crippen LogP contribution in [0.2, 0.25) is 10.0 Å². The quantitative estimate of drug-likeness (QED) is 0.874. The van der Waals surface area contributed by atoms with Crippen LogP contribution >= 0.6 is 23.2 Å². The van der Waals surface area contributed by atoms with E-state index in [4.69, 9.17) is 28.3 Å². The molecule has 0 saturated heterocycles. The van der Waals surface area contributed by atoms with E-state index in [0.29, 0.717) is 0 Å². The Morgan fingerprint density at radius 3 is 2.32 bits per heavy atom.